The van der Waals surface area contributed by atoms with Crippen molar-refractivity contribution in [2.24, 2.45) is 0 Å². The third-order valence-electron chi connectivity index (χ3n) is 4.59. The standard InChI is InChI=1S/C22H23NO4/c1-15(19-13-16-9-7-8-12-18(16)27-19)23-20(24)14-26-21(25)22(2,3)17-10-5-4-6-11-17/h4-13,15H,14H2,1-3H3,(H,23,24)/t15-/m1/s1. The third-order valence-corrected chi connectivity index (χ3v) is 4.59. The molecule has 0 saturated heterocycles. The predicted octanol–water partition coefficient (Wildman–Crippen LogP) is 4.13. The van der Waals surface area contributed by atoms with Crippen LogP contribution < -0.4 is 5.32 Å². The molecule has 1 atom stereocenters. The molecule has 1 heterocycles. The first-order valence-electron chi connectivity index (χ1n) is 8.88. The normalized spacial score (nSPS) is 12.6. The summed E-state index contributed by atoms with van der Waals surface area (Å²) in [6, 6.07) is 18.6. The summed E-state index contributed by atoms with van der Waals surface area (Å²) in [7, 11) is 0. The maximum atomic E-state index is 12.4. The van der Waals surface area contributed by atoms with Gasteiger partial charge in [0, 0.05) is 5.39 Å². The molecule has 140 valence electrons. The molecule has 0 spiro atoms. The van der Waals surface area contributed by atoms with Gasteiger partial charge in [-0.05, 0) is 38.5 Å². The fraction of sp³-hybridized carbons (Fsp3) is 0.273. The fourth-order valence-corrected chi connectivity index (χ4v) is 2.85. The molecule has 0 fully saturated rings. The van der Waals surface area contributed by atoms with Crippen LogP contribution in [-0.2, 0) is 19.7 Å². The van der Waals surface area contributed by atoms with E-state index in [4.69, 9.17) is 9.15 Å². The van der Waals surface area contributed by atoms with E-state index >= 15 is 0 Å². The number of esters is 1. The first-order valence-corrected chi connectivity index (χ1v) is 8.88. The molecule has 5 heteroatoms. The number of rotatable bonds is 6. The minimum atomic E-state index is -0.827. The SMILES string of the molecule is C[C@@H](NC(=O)COC(=O)C(C)(C)c1ccccc1)c1cc2ccccc2o1. The number of hydrogen-bond donors (Lipinski definition) is 1. The molecule has 1 amide bonds. The van der Waals surface area contributed by atoms with Crippen LogP contribution in [0.1, 0.15) is 38.1 Å². The number of carbonyl (C=O) groups excluding carboxylic acids is 2. The lowest BCUT2D eigenvalue weighted by Crippen LogP contribution is -2.36. The topological polar surface area (TPSA) is 68.5 Å². The number of benzene rings is 2. The van der Waals surface area contributed by atoms with Gasteiger partial charge in [0.25, 0.3) is 5.91 Å². The van der Waals surface area contributed by atoms with E-state index in [0.29, 0.717) is 5.76 Å². The lowest BCUT2D eigenvalue weighted by Gasteiger charge is -2.23. The maximum Gasteiger partial charge on any atom is 0.316 e. The molecule has 1 aromatic heterocycles. The van der Waals surface area contributed by atoms with Gasteiger partial charge in [-0.1, -0.05) is 48.5 Å². The van der Waals surface area contributed by atoms with Crippen molar-refractivity contribution in [1.29, 1.82) is 0 Å². The Morgan fingerprint density at radius 2 is 1.74 bits per heavy atom. The van der Waals surface area contributed by atoms with E-state index < -0.39 is 11.4 Å². The van der Waals surface area contributed by atoms with Gasteiger partial charge in [0.05, 0.1) is 11.5 Å². The highest BCUT2D eigenvalue weighted by Gasteiger charge is 2.31. The minimum Gasteiger partial charge on any atom is -0.459 e. The second-order valence-corrected chi connectivity index (χ2v) is 7.04. The van der Waals surface area contributed by atoms with Gasteiger partial charge < -0.3 is 14.5 Å². The lowest BCUT2D eigenvalue weighted by atomic mass is 9.85. The first kappa shape index (κ1) is 18.7. The van der Waals surface area contributed by atoms with Crippen molar-refractivity contribution in [3.63, 3.8) is 0 Å². The van der Waals surface area contributed by atoms with Gasteiger partial charge in [-0.3, -0.25) is 9.59 Å². The Balaban J connectivity index is 1.56. The largest absolute Gasteiger partial charge is 0.459 e. The van der Waals surface area contributed by atoms with Gasteiger partial charge in [0.1, 0.15) is 11.3 Å². The highest BCUT2D eigenvalue weighted by atomic mass is 16.5. The van der Waals surface area contributed by atoms with Crippen molar-refractivity contribution in [2.75, 3.05) is 6.61 Å². The van der Waals surface area contributed by atoms with Crippen molar-refractivity contribution in [1.82, 2.24) is 5.32 Å². The second-order valence-electron chi connectivity index (χ2n) is 7.04. The van der Waals surface area contributed by atoms with Crippen LogP contribution in [0.15, 0.2) is 65.1 Å². The summed E-state index contributed by atoms with van der Waals surface area (Å²) in [5, 5.41) is 3.77. The van der Waals surface area contributed by atoms with Crippen molar-refractivity contribution in [2.45, 2.75) is 32.2 Å². The maximum absolute atomic E-state index is 12.4. The molecule has 1 N–H and O–H groups in total. The molecule has 0 aliphatic heterocycles. The average Bonchev–Trinajstić information content (AvgIpc) is 3.11. The molecule has 0 bridgehead atoms. The van der Waals surface area contributed by atoms with Crippen LogP contribution in [0.5, 0.6) is 0 Å². The lowest BCUT2D eigenvalue weighted by molar-refractivity contribution is -0.153. The zero-order chi connectivity index (χ0) is 19.4. The zero-order valence-electron chi connectivity index (χ0n) is 15.7. The summed E-state index contributed by atoms with van der Waals surface area (Å²) in [6.07, 6.45) is 0. The quantitative estimate of drug-likeness (QED) is 0.667. The van der Waals surface area contributed by atoms with Crippen molar-refractivity contribution in [3.05, 3.63) is 72.0 Å². The van der Waals surface area contributed by atoms with Gasteiger partial charge >= 0.3 is 5.97 Å². The van der Waals surface area contributed by atoms with Crippen LogP contribution in [0.25, 0.3) is 11.0 Å². The van der Waals surface area contributed by atoms with Crippen LogP contribution in [-0.4, -0.2) is 18.5 Å². The number of hydrogen-bond acceptors (Lipinski definition) is 4. The number of nitrogens with one attached hydrogen (secondary N) is 1. The van der Waals surface area contributed by atoms with E-state index in [-0.39, 0.29) is 18.6 Å². The Morgan fingerprint density at radius 3 is 2.44 bits per heavy atom. The van der Waals surface area contributed by atoms with Crippen molar-refractivity contribution >= 4 is 22.8 Å². The second kappa shape index (κ2) is 7.66. The van der Waals surface area contributed by atoms with Gasteiger partial charge in [-0.2, -0.15) is 0 Å². The predicted molar refractivity (Wildman–Crippen MR) is 103 cm³/mol. The number of ether oxygens (including phenoxy) is 1. The van der Waals surface area contributed by atoms with Crippen LogP contribution in [0, 0.1) is 0 Å². The molecule has 0 aliphatic rings. The van der Waals surface area contributed by atoms with Crippen molar-refractivity contribution < 1.29 is 18.7 Å². The summed E-state index contributed by atoms with van der Waals surface area (Å²) in [5.41, 5.74) is 0.780. The number of fused-ring (bicyclic) bond motifs is 1. The van der Waals surface area contributed by atoms with Gasteiger partial charge in [-0.25, -0.2) is 0 Å². The molecule has 3 aromatic rings. The van der Waals surface area contributed by atoms with E-state index in [1.165, 1.54) is 0 Å². The van der Waals surface area contributed by atoms with Gasteiger partial charge in [0.15, 0.2) is 6.61 Å². The van der Waals surface area contributed by atoms with E-state index in [0.717, 1.165) is 16.5 Å². The fourth-order valence-electron chi connectivity index (χ4n) is 2.85. The number of furan rings is 1. The van der Waals surface area contributed by atoms with E-state index in [2.05, 4.69) is 5.32 Å². The monoisotopic (exact) mass is 365 g/mol. The average molecular weight is 365 g/mol. The van der Waals surface area contributed by atoms with Crippen LogP contribution in [0.2, 0.25) is 0 Å². The molecule has 0 radical (unpaired) electrons. The van der Waals surface area contributed by atoms with E-state index in [9.17, 15) is 9.59 Å². The zero-order valence-corrected chi connectivity index (χ0v) is 15.7. The molecular weight excluding hydrogens is 342 g/mol. The van der Waals surface area contributed by atoms with E-state index in [1.807, 2.05) is 67.6 Å². The van der Waals surface area contributed by atoms with Crippen LogP contribution in [0.4, 0.5) is 0 Å². The number of carbonyl (C=O) groups is 2. The molecule has 3 rings (SSSR count). The molecule has 0 saturated carbocycles. The Hall–Kier alpha value is -3.08. The number of para-hydroxylation sites is 1. The summed E-state index contributed by atoms with van der Waals surface area (Å²) in [5.74, 6) is -0.166. The summed E-state index contributed by atoms with van der Waals surface area (Å²) < 4.78 is 11.0. The Morgan fingerprint density at radius 1 is 1.07 bits per heavy atom. The molecule has 0 unspecified atom stereocenters. The van der Waals surface area contributed by atoms with E-state index in [1.54, 1.807) is 13.8 Å². The highest BCUT2D eigenvalue weighted by Crippen LogP contribution is 2.25. The molecule has 0 aliphatic carbocycles. The van der Waals surface area contributed by atoms with Gasteiger partial charge in [-0.15, -0.1) is 0 Å². The minimum absolute atomic E-state index is 0.328. The summed E-state index contributed by atoms with van der Waals surface area (Å²) in [4.78, 5) is 24.6. The third kappa shape index (κ3) is 4.19. The summed E-state index contributed by atoms with van der Waals surface area (Å²) >= 11 is 0. The van der Waals surface area contributed by atoms with Crippen molar-refractivity contribution in [3.8, 4) is 0 Å². The Bertz CT molecular complexity index is 910. The van der Waals surface area contributed by atoms with Gasteiger partial charge in [0.2, 0.25) is 0 Å². The van der Waals surface area contributed by atoms with Crippen LogP contribution >= 0.6 is 0 Å². The summed E-state index contributed by atoms with van der Waals surface area (Å²) in [6.45, 7) is 5.05. The smallest absolute Gasteiger partial charge is 0.316 e. The Kier molecular flexibility index (Phi) is 5.31. The number of amides is 1. The molecule has 27 heavy (non-hydrogen) atoms. The molecular formula is C22H23NO4. The highest BCUT2D eigenvalue weighted by molar-refractivity contribution is 5.86. The first-order chi connectivity index (χ1) is 12.9. The Labute approximate surface area is 158 Å². The molecule has 2 aromatic carbocycles. The van der Waals surface area contributed by atoms with Crippen LogP contribution in [0.3, 0.4) is 0 Å². The molecule has 5 nitrogen and oxygen atoms in total.